The van der Waals surface area contributed by atoms with Gasteiger partial charge < -0.3 is 4.74 Å². The van der Waals surface area contributed by atoms with E-state index < -0.39 is 0 Å². The van der Waals surface area contributed by atoms with Crippen LogP contribution in [0.5, 0.6) is 0 Å². The molecule has 0 saturated carbocycles. The average molecular weight is 138 g/mol. The first-order chi connectivity index (χ1) is 4.70. The summed E-state index contributed by atoms with van der Waals surface area (Å²) in [6.45, 7) is 7.53. The minimum atomic E-state index is 0.904. The highest BCUT2D eigenvalue weighted by atomic mass is 16.5. The van der Waals surface area contributed by atoms with Gasteiger partial charge in [0.15, 0.2) is 0 Å². The van der Waals surface area contributed by atoms with Gasteiger partial charge in [0.2, 0.25) is 0 Å². The van der Waals surface area contributed by atoms with Crippen LogP contribution < -0.4 is 0 Å². The maximum absolute atomic E-state index is 4.93. The van der Waals surface area contributed by atoms with Crippen molar-refractivity contribution in [2.24, 2.45) is 0 Å². The van der Waals surface area contributed by atoms with E-state index >= 15 is 0 Å². The van der Waals surface area contributed by atoms with Crippen molar-refractivity contribution < 1.29 is 4.74 Å². The molecule has 0 heterocycles. The van der Waals surface area contributed by atoms with Crippen molar-refractivity contribution in [1.82, 2.24) is 0 Å². The molecular formula is C9H14O. The summed E-state index contributed by atoms with van der Waals surface area (Å²) in [4.78, 5) is 0. The van der Waals surface area contributed by atoms with Gasteiger partial charge in [-0.15, -0.1) is 0 Å². The van der Waals surface area contributed by atoms with Crippen LogP contribution in [-0.2, 0) is 4.74 Å². The van der Waals surface area contributed by atoms with E-state index in [0.717, 1.165) is 11.3 Å². The van der Waals surface area contributed by atoms with E-state index in [1.165, 1.54) is 0 Å². The maximum atomic E-state index is 4.93. The van der Waals surface area contributed by atoms with Crippen LogP contribution in [0.4, 0.5) is 0 Å². The highest BCUT2D eigenvalue weighted by Gasteiger charge is 1.80. The van der Waals surface area contributed by atoms with Crippen LogP contribution in [0.2, 0.25) is 0 Å². The fourth-order valence-corrected chi connectivity index (χ4v) is 0.385. The summed E-state index contributed by atoms with van der Waals surface area (Å²) < 4.78 is 4.93. The molecule has 0 aliphatic heterocycles. The van der Waals surface area contributed by atoms with Crippen LogP contribution in [0.25, 0.3) is 0 Å². The topological polar surface area (TPSA) is 9.23 Å². The standard InChI is InChI=1S/C9H14O/c1-5-8(2)6-7-9(3)10-4/h5-7H,1H2,2-4H3/b8-6+,9-7+. The SMILES string of the molecule is C=C/C(C)=C/C=C(\C)OC. The Hall–Kier alpha value is -0.980. The average Bonchev–Trinajstić information content (AvgIpc) is 1.99. The molecule has 0 fully saturated rings. The second-order valence-corrected chi connectivity index (χ2v) is 2.10. The van der Waals surface area contributed by atoms with Gasteiger partial charge in [-0.3, -0.25) is 0 Å². The number of allylic oxidation sites excluding steroid dienone is 5. The van der Waals surface area contributed by atoms with Gasteiger partial charge in [-0.05, 0) is 19.9 Å². The summed E-state index contributed by atoms with van der Waals surface area (Å²) in [5, 5.41) is 0. The summed E-state index contributed by atoms with van der Waals surface area (Å²) in [6.07, 6.45) is 5.68. The second-order valence-electron chi connectivity index (χ2n) is 2.10. The molecule has 0 saturated heterocycles. The highest BCUT2D eigenvalue weighted by Crippen LogP contribution is 1.97. The van der Waals surface area contributed by atoms with Crippen molar-refractivity contribution in [3.63, 3.8) is 0 Å². The fraction of sp³-hybridized carbons (Fsp3) is 0.333. The monoisotopic (exact) mass is 138 g/mol. The van der Waals surface area contributed by atoms with Crippen molar-refractivity contribution in [3.05, 3.63) is 36.1 Å². The summed E-state index contributed by atoms with van der Waals surface area (Å²) in [6, 6.07) is 0. The number of ether oxygens (including phenoxy) is 1. The van der Waals surface area contributed by atoms with Gasteiger partial charge in [0.1, 0.15) is 0 Å². The molecule has 10 heavy (non-hydrogen) atoms. The molecule has 0 aromatic carbocycles. The predicted octanol–water partition coefficient (Wildman–Crippen LogP) is 2.67. The van der Waals surface area contributed by atoms with Crippen LogP contribution in [0, 0.1) is 0 Å². The van der Waals surface area contributed by atoms with E-state index in [0.29, 0.717) is 0 Å². The molecule has 0 bridgehead atoms. The molecule has 0 aliphatic carbocycles. The molecule has 1 heteroatoms. The molecule has 0 amide bonds. The van der Waals surface area contributed by atoms with Crippen LogP contribution >= 0.6 is 0 Å². The zero-order chi connectivity index (χ0) is 7.98. The Morgan fingerprint density at radius 3 is 2.30 bits per heavy atom. The summed E-state index contributed by atoms with van der Waals surface area (Å²) in [5.74, 6) is 0.904. The van der Waals surface area contributed by atoms with E-state index in [9.17, 15) is 0 Å². The second kappa shape index (κ2) is 4.86. The van der Waals surface area contributed by atoms with E-state index in [2.05, 4.69) is 6.58 Å². The van der Waals surface area contributed by atoms with Crippen molar-refractivity contribution in [3.8, 4) is 0 Å². The number of hydrogen-bond donors (Lipinski definition) is 0. The van der Waals surface area contributed by atoms with Gasteiger partial charge in [-0.2, -0.15) is 0 Å². The first-order valence-corrected chi connectivity index (χ1v) is 3.22. The Balaban J connectivity index is 4.03. The first kappa shape index (κ1) is 9.02. The molecule has 1 nitrogen and oxygen atoms in total. The van der Waals surface area contributed by atoms with Crippen LogP contribution in [0.15, 0.2) is 36.1 Å². The third kappa shape index (κ3) is 3.96. The van der Waals surface area contributed by atoms with E-state index in [-0.39, 0.29) is 0 Å². The number of methoxy groups -OCH3 is 1. The summed E-state index contributed by atoms with van der Waals surface area (Å²) >= 11 is 0. The minimum Gasteiger partial charge on any atom is -0.501 e. The Bertz CT molecular complexity index is 164. The lowest BCUT2D eigenvalue weighted by atomic mass is 10.3. The molecule has 0 unspecified atom stereocenters. The molecular weight excluding hydrogens is 124 g/mol. The molecule has 0 N–H and O–H groups in total. The van der Waals surface area contributed by atoms with Crippen molar-refractivity contribution in [1.29, 1.82) is 0 Å². The van der Waals surface area contributed by atoms with Crippen LogP contribution in [0.1, 0.15) is 13.8 Å². The van der Waals surface area contributed by atoms with Gasteiger partial charge in [-0.25, -0.2) is 0 Å². The van der Waals surface area contributed by atoms with Crippen LogP contribution in [0.3, 0.4) is 0 Å². The molecule has 0 radical (unpaired) electrons. The minimum absolute atomic E-state index is 0.904. The first-order valence-electron chi connectivity index (χ1n) is 3.22. The maximum Gasteiger partial charge on any atom is 0.0924 e. The lowest BCUT2D eigenvalue weighted by Crippen LogP contribution is -1.76. The zero-order valence-electron chi connectivity index (χ0n) is 6.85. The predicted molar refractivity (Wildman–Crippen MR) is 44.7 cm³/mol. The lowest BCUT2D eigenvalue weighted by Gasteiger charge is -1.94. The molecule has 0 spiro atoms. The molecule has 0 aliphatic rings. The molecule has 56 valence electrons. The van der Waals surface area contributed by atoms with Gasteiger partial charge in [0.05, 0.1) is 12.9 Å². The summed E-state index contributed by atoms with van der Waals surface area (Å²) in [5.41, 5.74) is 1.14. The smallest absolute Gasteiger partial charge is 0.0924 e. The molecule has 0 aromatic heterocycles. The van der Waals surface area contributed by atoms with Crippen molar-refractivity contribution in [2.75, 3.05) is 7.11 Å². The zero-order valence-corrected chi connectivity index (χ0v) is 6.85. The molecule has 0 rings (SSSR count). The Kier molecular flexibility index (Phi) is 4.38. The van der Waals surface area contributed by atoms with Gasteiger partial charge >= 0.3 is 0 Å². The Labute approximate surface area is 62.7 Å². The Morgan fingerprint density at radius 2 is 1.90 bits per heavy atom. The summed E-state index contributed by atoms with van der Waals surface area (Å²) in [7, 11) is 1.66. The molecule has 0 atom stereocenters. The van der Waals surface area contributed by atoms with Crippen molar-refractivity contribution >= 4 is 0 Å². The highest BCUT2D eigenvalue weighted by molar-refractivity contribution is 5.20. The van der Waals surface area contributed by atoms with E-state index in [1.54, 1.807) is 13.2 Å². The van der Waals surface area contributed by atoms with Crippen molar-refractivity contribution in [2.45, 2.75) is 13.8 Å². The number of rotatable bonds is 3. The van der Waals surface area contributed by atoms with E-state index in [4.69, 9.17) is 4.74 Å². The fourth-order valence-electron chi connectivity index (χ4n) is 0.385. The normalized spacial score (nSPS) is 13.1. The number of hydrogen-bond acceptors (Lipinski definition) is 1. The molecule has 0 aromatic rings. The van der Waals surface area contributed by atoms with Gasteiger partial charge in [-0.1, -0.05) is 24.3 Å². The quantitative estimate of drug-likeness (QED) is 0.430. The Morgan fingerprint density at radius 1 is 1.30 bits per heavy atom. The van der Waals surface area contributed by atoms with Gasteiger partial charge in [0.25, 0.3) is 0 Å². The third-order valence-electron chi connectivity index (χ3n) is 1.22. The van der Waals surface area contributed by atoms with Crippen LogP contribution in [-0.4, -0.2) is 7.11 Å². The lowest BCUT2D eigenvalue weighted by molar-refractivity contribution is 0.294. The third-order valence-corrected chi connectivity index (χ3v) is 1.22. The van der Waals surface area contributed by atoms with Gasteiger partial charge in [0, 0.05) is 0 Å². The largest absolute Gasteiger partial charge is 0.501 e. The van der Waals surface area contributed by atoms with E-state index in [1.807, 2.05) is 26.0 Å².